The average Bonchev–Trinajstić information content (AvgIpc) is 2.63. The molecule has 6 heteroatoms. The Kier molecular flexibility index (Phi) is 5.32. The van der Waals surface area contributed by atoms with Crippen molar-refractivity contribution in [3.8, 4) is 6.07 Å². The zero-order valence-corrected chi connectivity index (χ0v) is 12.4. The predicted octanol–water partition coefficient (Wildman–Crippen LogP) is 2.21. The van der Waals surface area contributed by atoms with Gasteiger partial charge in [-0.2, -0.15) is 5.26 Å². The van der Waals surface area contributed by atoms with Crippen LogP contribution in [0.25, 0.3) is 0 Å². The monoisotopic (exact) mass is 286 g/mol. The third-order valence-corrected chi connectivity index (χ3v) is 5.50. The smallest absolute Gasteiger partial charge is 0.211 e. The van der Waals surface area contributed by atoms with Crippen LogP contribution in [-0.4, -0.2) is 19.7 Å². The van der Waals surface area contributed by atoms with Crippen molar-refractivity contribution in [2.24, 2.45) is 0 Å². The molecule has 1 heterocycles. The number of sulfonamides is 1. The maximum atomic E-state index is 11.9. The first-order chi connectivity index (χ1) is 8.39. The Balaban J connectivity index is 2.65. The van der Waals surface area contributed by atoms with Gasteiger partial charge in [-0.05, 0) is 38.8 Å². The first kappa shape index (κ1) is 15.2. The molecule has 0 spiro atoms. The van der Waals surface area contributed by atoms with Crippen molar-refractivity contribution in [3.63, 3.8) is 0 Å². The van der Waals surface area contributed by atoms with Crippen LogP contribution in [0.5, 0.6) is 0 Å². The highest BCUT2D eigenvalue weighted by Gasteiger charge is 2.25. The predicted molar refractivity (Wildman–Crippen MR) is 74.0 cm³/mol. The molecule has 0 aliphatic heterocycles. The van der Waals surface area contributed by atoms with Crippen molar-refractivity contribution < 1.29 is 8.42 Å². The summed E-state index contributed by atoms with van der Waals surface area (Å²) in [6, 6.07) is 5.64. The van der Waals surface area contributed by atoms with E-state index in [9.17, 15) is 8.42 Å². The largest absolute Gasteiger partial charge is 0.228 e. The molecule has 0 saturated heterocycles. The van der Waals surface area contributed by atoms with Gasteiger partial charge in [-0.15, -0.1) is 11.3 Å². The van der Waals surface area contributed by atoms with Crippen molar-refractivity contribution in [2.45, 2.75) is 44.9 Å². The topological polar surface area (TPSA) is 70.0 Å². The molecule has 0 amide bonds. The Bertz CT molecular complexity index is 529. The van der Waals surface area contributed by atoms with Gasteiger partial charge in [0.05, 0.1) is 6.07 Å². The minimum absolute atomic E-state index is 0.199. The van der Waals surface area contributed by atoms with Crippen molar-refractivity contribution in [1.29, 1.82) is 5.26 Å². The fraction of sp³-hybridized carbons (Fsp3) is 0.583. The van der Waals surface area contributed by atoms with Crippen LogP contribution < -0.4 is 4.72 Å². The van der Waals surface area contributed by atoms with Crippen LogP contribution in [0.2, 0.25) is 0 Å². The second-order valence-corrected chi connectivity index (χ2v) is 7.57. The van der Waals surface area contributed by atoms with E-state index in [4.69, 9.17) is 5.26 Å². The summed E-state index contributed by atoms with van der Waals surface area (Å²) in [6.45, 7) is 5.53. The number of hydrogen-bond acceptors (Lipinski definition) is 4. The molecule has 0 aliphatic rings. The molecule has 2 unspecified atom stereocenters. The highest BCUT2D eigenvalue weighted by molar-refractivity contribution is 7.90. The van der Waals surface area contributed by atoms with Crippen molar-refractivity contribution in [2.75, 3.05) is 0 Å². The van der Waals surface area contributed by atoms with Crippen LogP contribution in [0, 0.1) is 18.3 Å². The minimum Gasteiger partial charge on any atom is -0.211 e. The normalized spacial score (nSPS) is 15.0. The summed E-state index contributed by atoms with van der Waals surface area (Å²) < 4.78 is 26.3. The molecule has 0 radical (unpaired) electrons. The summed E-state index contributed by atoms with van der Waals surface area (Å²) in [7, 11) is -3.54. The molecule has 0 aliphatic carbocycles. The van der Waals surface area contributed by atoms with Gasteiger partial charge in [0, 0.05) is 15.8 Å². The number of aryl methyl sites for hydroxylation is 1. The highest BCUT2D eigenvalue weighted by Crippen LogP contribution is 2.17. The zero-order valence-electron chi connectivity index (χ0n) is 10.8. The third-order valence-electron chi connectivity index (χ3n) is 2.56. The van der Waals surface area contributed by atoms with E-state index in [0.29, 0.717) is 12.8 Å². The van der Waals surface area contributed by atoms with E-state index in [-0.39, 0.29) is 6.04 Å². The van der Waals surface area contributed by atoms with Gasteiger partial charge in [-0.25, -0.2) is 13.1 Å². The van der Waals surface area contributed by atoms with Gasteiger partial charge in [0.25, 0.3) is 0 Å². The summed E-state index contributed by atoms with van der Waals surface area (Å²) in [6.07, 6.45) is 0.955. The maximum absolute atomic E-state index is 11.9. The molecule has 100 valence electrons. The Morgan fingerprint density at radius 1 is 1.50 bits per heavy atom. The van der Waals surface area contributed by atoms with Crippen LogP contribution >= 0.6 is 11.3 Å². The van der Waals surface area contributed by atoms with Crippen LogP contribution in [0.4, 0.5) is 0 Å². The lowest BCUT2D eigenvalue weighted by atomic mass is 10.2. The van der Waals surface area contributed by atoms with E-state index in [2.05, 4.69) is 4.72 Å². The van der Waals surface area contributed by atoms with Gasteiger partial charge in [-0.1, -0.05) is 6.92 Å². The number of nitrogens with one attached hydrogen (secondary N) is 1. The van der Waals surface area contributed by atoms with E-state index >= 15 is 0 Å². The Morgan fingerprint density at radius 3 is 2.61 bits per heavy atom. The van der Waals surface area contributed by atoms with Crippen LogP contribution in [0.3, 0.4) is 0 Å². The van der Waals surface area contributed by atoms with Gasteiger partial charge < -0.3 is 0 Å². The van der Waals surface area contributed by atoms with Crippen molar-refractivity contribution in [3.05, 3.63) is 21.9 Å². The molecule has 1 rings (SSSR count). The maximum Gasteiger partial charge on any atom is 0.228 e. The van der Waals surface area contributed by atoms with Crippen LogP contribution in [0.15, 0.2) is 12.1 Å². The van der Waals surface area contributed by atoms with Crippen molar-refractivity contribution >= 4 is 21.4 Å². The van der Waals surface area contributed by atoms with Crippen LogP contribution in [0.1, 0.15) is 30.0 Å². The van der Waals surface area contributed by atoms with E-state index in [1.807, 2.05) is 32.0 Å². The summed E-state index contributed by atoms with van der Waals surface area (Å²) >= 11 is 1.66. The lowest BCUT2D eigenvalue weighted by Crippen LogP contribution is -2.39. The Hall–Kier alpha value is -0.900. The number of nitrogens with zero attached hydrogens (tertiary/aromatic N) is 1. The lowest BCUT2D eigenvalue weighted by Gasteiger charge is -2.15. The third kappa shape index (κ3) is 4.09. The van der Waals surface area contributed by atoms with Crippen molar-refractivity contribution in [1.82, 2.24) is 4.72 Å². The van der Waals surface area contributed by atoms with E-state index in [1.165, 1.54) is 4.88 Å². The molecule has 0 aromatic carbocycles. The molecule has 0 bridgehead atoms. The standard InChI is InChI=1S/C12H18N2O2S2/c1-4-12(8-13)18(15,16)14-9(2)7-11-6-5-10(3)17-11/h5-6,9,12,14H,4,7H2,1-3H3. The number of nitriles is 1. The first-order valence-corrected chi connectivity index (χ1v) is 8.21. The minimum atomic E-state index is -3.54. The summed E-state index contributed by atoms with van der Waals surface area (Å²) in [5, 5.41) is 7.83. The molecule has 1 N–H and O–H groups in total. The van der Waals surface area contributed by atoms with E-state index in [0.717, 1.165) is 4.88 Å². The van der Waals surface area contributed by atoms with E-state index in [1.54, 1.807) is 18.3 Å². The Morgan fingerprint density at radius 2 is 2.17 bits per heavy atom. The van der Waals surface area contributed by atoms with Gasteiger partial charge in [0.1, 0.15) is 0 Å². The summed E-state index contributed by atoms with van der Waals surface area (Å²) in [5.41, 5.74) is 0. The molecule has 1 aromatic rings. The lowest BCUT2D eigenvalue weighted by molar-refractivity contribution is 0.552. The second kappa shape index (κ2) is 6.32. The molecule has 2 atom stereocenters. The van der Waals surface area contributed by atoms with Gasteiger partial charge in [0.15, 0.2) is 5.25 Å². The molecule has 4 nitrogen and oxygen atoms in total. The Labute approximate surface area is 113 Å². The first-order valence-electron chi connectivity index (χ1n) is 5.85. The van der Waals surface area contributed by atoms with Gasteiger partial charge >= 0.3 is 0 Å². The number of thiophene rings is 1. The quantitative estimate of drug-likeness (QED) is 0.871. The van der Waals surface area contributed by atoms with Gasteiger partial charge in [-0.3, -0.25) is 0 Å². The molecular formula is C12H18N2O2S2. The SMILES string of the molecule is CCC(C#N)S(=O)(=O)NC(C)Cc1ccc(C)s1. The van der Waals surface area contributed by atoms with Crippen LogP contribution in [-0.2, 0) is 16.4 Å². The zero-order chi connectivity index (χ0) is 13.8. The molecule has 0 fully saturated rings. The summed E-state index contributed by atoms with van der Waals surface area (Å²) in [4.78, 5) is 2.36. The highest BCUT2D eigenvalue weighted by atomic mass is 32.2. The average molecular weight is 286 g/mol. The van der Waals surface area contributed by atoms with E-state index < -0.39 is 15.3 Å². The van der Waals surface area contributed by atoms with Gasteiger partial charge in [0.2, 0.25) is 10.0 Å². The fourth-order valence-electron chi connectivity index (χ4n) is 1.68. The summed E-state index contributed by atoms with van der Waals surface area (Å²) in [5.74, 6) is 0. The molecule has 1 aromatic heterocycles. The number of rotatable bonds is 6. The second-order valence-electron chi connectivity index (χ2n) is 4.31. The fourth-order valence-corrected chi connectivity index (χ4v) is 4.09. The molecule has 0 saturated carbocycles. The molecule has 18 heavy (non-hydrogen) atoms. The molecular weight excluding hydrogens is 268 g/mol. The number of hydrogen-bond donors (Lipinski definition) is 1.